The second-order valence-corrected chi connectivity index (χ2v) is 8.42. The van der Waals surface area contributed by atoms with Crippen molar-refractivity contribution in [1.82, 2.24) is 15.3 Å². The van der Waals surface area contributed by atoms with E-state index in [0.29, 0.717) is 29.7 Å². The van der Waals surface area contributed by atoms with Crippen LogP contribution in [0.5, 0.6) is 0 Å². The van der Waals surface area contributed by atoms with Crippen molar-refractivity contribution < 1.29 is 4.79 Å². The third-order valence-corrected chi connectivity index (χ3v) is 5.43. The Kier molecular flexibility index (Phi) is 6.79. The van der Waals surface area contributed by atoms with E-state index in [1.54, 1.807) is 12.3 Å². The molecule has 0 spiro atoms. The summed E-state index contributed by atoms with van der Waals surface area (Å²) in [5.74, 6) is 1.70. The minimum Gasteiger partial charge on any atom is -0.348 e. The molecule has 0 saturated heterocycles. The molecule has 4 rings (SSSR count). The third-order valence-electron chi connectivity index (χ3n) is 5.43. The molecule has 0 aliphatic carbocycles. The van der Waals surface area contributed by atoms with Gasteiger partial charge in [-0.05, 0) is 54.3 Å². The van der Waals surface area contributed by atoms with E-state index in [9.17, 15) is 4.79 Å². The maximum Gasteiger partial charge on any atom is 0.251 e. The van der Waals surface area contributed by atoms with Crippen LogP contribution in [0, 0.1) is 6.92 Å². The molecule has 33 heavy (non-hydrogen) atoms. The van der Waals surface area contributed by atoms with Crippen LogP contribution >= 0.6 is 0 Å². The van der Waals surface area contributed by atoms with Crippen molar-refractivity contribution in [2.75, 3.05) is 5.32 Å². The largest absolute Gasteiger partial charge is 0.348 e. The molecule has 1 aromatic heterocycles. The van der Waals surface area contributed by atoms with Crippen LogP contribution < -0.4 is 10.6 Å². The molecule has 166 valence electrons. The minimum atomic E-state index is -0.116. The van der Waals surface area contributed by atoms with Gasteiger partial charge in [0.1, 0.15) is 5.82 Å². The van der Waals surface area contributed by atoms with E-state index < -0.39 is 0 Å². The van der Waals surface area contributed by atoms with Gasteiger partial charge in [0.15, 0.2) is 5.82 Å². The van der Waals surface area contributed by atoms with Crippen LogP contribution in [0.2, 0.25) is 0 Å². The van der Waals surface area contributed by atoms with Crippen molar-refractivity contribution >= 4 is 17.4 Å². The summed E-state index contributed by atoms with van der Waals surface area (Å²) in [5.41, 5.74) is 5.87. The van der Waals surface area contributed by atoms with Gasteiger partial charge in [0.25, 0.3) is 5.91 Å². The quantitative estimate of drug-likeness (QED) is 0.359. The number of aromatic nitrogens is 2. The van der Waals surface area contributed by atoms with E-state index in [-0.39, 0.29) is 5.91 Å². The maximum atomic E-state index is 12.7. The molecule has 3 aromatic carbocycles. The zero-order chi connectivity index (χ0) is 23.2. The van der Waals surface area contributed by atoms with Crippen molar-refractivity contribution in [2.45, 2.75) is 33.2 Å². The van der Waals surface area contributed by atoms with Crippen molar-refractivity contribution in [3.8, 4) is 11.4 Å². The predicted octanol–water partition coefficient (Wildman–Crippen LogP) is 6.25. The fourth-order valence-electron chi connectivity index (χ4n) is 3.54. The van der Waals surface area contributed by atoms with E-state index in [1.165, 1.54) is 5.56 Å². The average molecular weight is 437 g/mol. The third kappa shape index (κ3) is 5.83. The molecule has 5 nitrogen and oxygen atoms in total. The summed E-state index contributed by atoms with van der Waals surface area (Å²) in [6.45, 7) is 6.87. The van der Waals surface area contributed by atoms with Gasteiger partial charge in [0.2, 0.25) is 0 Å². The van der Waals surface area contributed by atoms with E-state index in [4.69, 9.17) is 0 Å². The lowest BCUT2D eigenvalue weighted by Gasteiger charge is -2.10. The monoisotopic (exact) mass is 436 g/mol. The summed E-state index contributed by atoms with van der Waals surface area (Å²) in [4.78, 5) is 21.7. The molecule has 0 unspecified atom stereocenters. The molecule has 0 atom stereocenters. The first-order valence-electron chi connectivity index (χ1n) is 11.1. The second-order valence-electron chi connectivity index (χ2n) is 8.42. The number of nitrogens with one attached hydrogen (secondary N) is 2. The van der Waals surface area contributed by atoms with Crippen molar-refractivity contribution in [1.29, 1.82) is 0 Å². The zero-order valence-corrected chi connectivity index (χ0v) is 19.2. The highest BCUT2D eigenvalue weighted by atomic mass is 16.1. The van der Waals surface area contributed by atoms with Crippen molar-refractivity contribution in [3.63, 3.8) is 0 Å². The van der Waals surface area contributed by atoms with Crippen LogP contribution in [0.4, 0.5) is 11.5 Å². The van der Waals surface area contributed by atoms with Crippen LogP contribution in [0.3, 0.4) is 0 Å². The molecule has 4 aromatic rings. The summed E-state index contributed by atoms with van der Waals surface area (Å²) in [5, 5.41) is 6.28. The van der Waals surface area contributed by atoms with E-state index >= 15 is 0 Å². The Labute approximate surface area is 194 Å². The highest BCUT2D eigenvalue weighted by molar-refractivity contribution is 5.95. The zero-order valence-electron chi connectivity index (χ0n) is 19.2. The lowest BCUT2D eigenvalue weighted by molar-refractivity contribution is 0.0951. The van der Waals surface area contributed by atoms with Gasteiger partial charge in [-0.3, -0.25) is 4.79 Å². The average Bonchev–Trinajstić information content (AvgIpc) is 2.83. The summed E-state index contributed by atoms with van der Waals surface area (Å²) in [6, 6.07) is 25.7. The Morgan fingerprint density at radius 3 is 2.48 bits per heavy atom. The summed E-state index contributed by atoms with van der Waals surface area (Å²) < 4.78 is 0. The fraction of sp³-hybridized carbons (Fsp3) is 0.179. The Balaban J connectivity index is 1.42. The summed E-state index contributed by atoms with van der Waals surface area (Å²) in [6.07, 6.45) is 1.73. The highest BCUT2D eigenvalue weighted by Gasteiger charge is 2.08. The fourth-order valence-corrected chi connectivity index (χ4v) is 3.54. The number of nitrogens with zero attached hydrogens (tertiary/aromatic N) is 2. The van der Waals surface area contributed by atoms with Crippen LogP contribution in [0.25, 0.3) is 11.4 Å². The number of carbonyl (C=O) groups excluding carboxylic acids is 1. The van der Waals surface area contributed by atoms with Gasteiger partial charge in [-0.2, -0.15) is 0 Å². The number of anilines is 2. The number of aryl methyl sites for hydroxylation is 1. The van der Waals surface area contributed by atoms with Crippen molar-refractivity contribution in [2.24, 2.45) is 0 Å². The Morgan fingerprint density at radius 1 is 0.939 bits per heavy atom. The normalized spacial score (nSPS) is 10.8. The lowest BCUT2D eigenvalue weighted by Crippen LogP contribution is -2.22. The molecule has 0 saturated carbocycles. The van der Waals surface area contributed by atoms with E-state index in [1.807, 2.05) is 49.4 Å². The van der Waals surface area contributed by atoms with Crippen LogP contribution in [0.15, 0.2) is 85.1 Å². The molecular weight excluding hydrogens is 408 g/mol. The van der Waals surface area contributed by atoms with Gasteiger partial charge >= 0.3 is 0 Å². The van der Waals surface area contributed by atoms with Gasteiger partial charge in [0, 0.05) is 29.6 Å². The standard InChI is InChI=1S/C28H28N4O/c1-19(2)22-12-10-21(11-13-22)18-30-28(33)24-8-5-9-25(17-24)31-26-14-15-29-27(32-26)23-7-4-6-20(3)16-23/h4-17,19H,18H2,1-3H3,(H,30,33)(H,29,31,32). The number of amides is 1. The smallest absolute Gasteiger partial charge is 0.251 e. The Hall–Kier alpha value is -3.99. The molecule has 0 bridgehead atoms. The first kappa shape index (κ1) is 22.2. The number of carbonyl (C=O) groups is 1. The molecule has 1 heterocycles. The van der Waals surface area contributed by atoms with Gasteiger partial charge in [-0.1, -0.05) is 67.9 Å². The molecule has 0 radical (unpaired) electrons. The predicted molar refractivity (Wildman–Crippen MR) is 134 cm³/mol. The van der Waals surface area contributed by atoms with Gasteiger partial charge < -0.3 is 10.6 Å². The number of benzene rings is 3. The summed E-state index contributed by atoms with van der Waals surface area (Å²) in [7, 11) is 0. The van der Waals surface area contributed by atoms with Crippen LogP contribution in [-0.2, 0) is 6.54 Å². The molecule has 5 heteroatoms. The van der Waals surface area contributed by atoms with Crippen LogP contribution in [-0.4, -0.2) is 15.9 Å². The minimum absolute atomic E-state index is 0.116. The molecule has 0 aliphatic rings. The Morgan fingerprint density at radius 2 is 1.73 bits per heavy atom. The second kappa shape index (κ2) is 10.1. The highest BCUT2D eigenvalue weighted by Crippen LogP contribution is 2.21. The molecule has 2 N–H and O–H groups in total. The topological polar surface area (TPSA) is 66.9 Å². The van der Waals surface area contributed by atoms with Gasteiger partial charge in [-0.15, -0.1) is 0 Å². The number of hydrogen-bond acceptors (Lipinski definition) is 4. The first-order chi connectivity index (χ1) is 16.0. The van der Waals surface area contributed by atoms with E-state index in [0.717, 1.165) is 22.4 Å². The molecular formula is C28H28N4O. The first-order valence-corrected chi connectivity index (χ1v) is 11.1. The van der Waals surface area contributed by atoms with Gasteiger partial charge in [-0.25, -0.2) is 9.97 Å². The van der Waals surface area contributed by atoms with Gasteiger partial charge in [0.05, 0.1) is 0 Å². The Bertz CT molecular complexity index is 1250. The van der Waals surface area contributed by atoms with Crippen molar-refractivity contribution in [3.05, 3.63) is 107 Å². The lowest BCUT2D eigenvalue weighted by atomic mass is 10.0. The summed E-state index contributed by atoms with van der Waals surface area (Å²) >= 11 is 0. The molecule has 0 fully saturated rings. The van der Waals surface area contributed by atoms with Crippen LogP contribution in [0.1, 0.15) is 46.8 Å². The maximum absolute atomic E-state index is 12.7. The van der Waals surface area contributed by atoms with E-state index in [2.05, 4.69) is 64.8 Å². The SMILES string of the molecule is Cc1cccc(-c2nccc(Nc3cccc(C(=O)NCc4ccc(C(C)C)cc4)c3)n2)c1. The molecule has 1 amide bonds. The number of rotatable bonds is 7. The number of hydrogen-bond donors (Lipinski definition) is 2. The molecule has 0 aliphatic heterocycles.